The van der Waals surface area contributed by atoms with E-state index in [9.17, 15) is 8.42 Å². The van der Waals surface area contributed by atoms with E-state index in [0.29, 0.717) is 5.92 Å². The van der Waals surface area contributed by atoms with Gasteiger partial charge in [-0.3, -0.25) is 0 Å². The quantitative estimate of drug-likeness (QED) is 0.862. The largest absolute Gasteiger partial charge is 0.242 e. The maximum Gasteiger partial charge on any atom is 0.242 e. The average molecular weight is 356 g/mol. The van der Waals surface area contributed by atoms with Crippen LogP contribution in [-0.2, 0) is 10.0 Å². The predicted molar refractivity (Wildman–Crippen MR) is 88.7 cm³/mol. The summed E-state index contributed by atoms with van der Waals surface area (Å²) in [5, 5.41) is 0.284. The van der Waals surface area contributed by atoms with Crippen LogP contribution in [0.2, 0.25) is 10.0 Å². The van der Waals surface area contributed by atoms with E-state index < -0.39 is 10.0 Å². The van der Waals surface area contributed by atoms with Crippen LogP contribution in [0.25, 0.3) is 0 Å². The fraction of sp³-hybridized carbons (Fsp3) is 0.250. The zero-order valence-corrected chi connectivity index (χ0v) is 14.0. The summed E-state index contributed by atoms with van der Waals surface area (Å²) in [5.74, 6) is 0.329. The maximum absolute atomic E-state index is 12.7. The van der Waals surface area contributed by atoms with Gasteiger partial charge in [0.2, 0.25) is 10.0 Å². The molecule has 0 aliphatic heterocycles. The Morgan fingerprint density at radius 2 is 1.68 bits per heavy atom. The molecule has 1 N–H and O–H groups in total. The van der Waals surface area contributed by atoms with Crippen LogP contribution in [0, 0.1) is 5.92 Å². The predicted octanol–water partition coefficient (Wildman–Crippen LogP) is 4.42. The molecule has 3 nitrogen and oxygen atoms in total. The number of nitrogens with one attached hydrogen (secondary N) is 1. The molecule has 22 heavy (non-hydrogen) atoms. The van der Waals surface area contributed by atoms with E-state index in [1.54, 1.807) is 12.1 Å². The Hall–Kier alpha value is -1.07. The van der Waals surface area contributed by atoms with Crippen LogP contribution >= 0.6 is 23.2 Å². The molecule has 2 aromatic rings. The van der Waals surface area contributed by atoms with Crippen LogP contribution < -0.4 is 4.72 Å². The summed E-state index contributed by atoms with van der Waals surface area (Å²) >= 11 is 12.0. The summed E-state index contributed by atoms with van der Waals surface area (Å²) in [6.07, 6.45) is 2.04. The number of hydrogen-bond donors (Lipinski definition) is 1. The minimum Gasteiger partial charge on any atom is -0.207 e. The third kappa shape index (κ3) is 3.30. The minimum atomic E-state index is -3.73. The molecule has 0 saturated heterocycles. The molecule has 2 aromatic carbocycles. The van der Waals surface area contributed by atoms with Gasteiger partial charge in [-0.25, -0.2) is 13.1 Å². The lowest BCUT2D eigenvalue weighted by molar-refractivity contribution is 0.529. The molecule has 0 unspecified atom stereocenters. The SMILES string of the molecule is O=S(=O)(N[C@H](c1ccccc1)C1CC1)c1cccc(Cl)c1Cl. The van der Waals surface area contributed by atoms with Gasteiger partial charge in [0.05, 0.1) is 10.0 Å². The highest BCUT2D eigenvalue weighted by molar-refractivity contribution is 7.89. The number of rotatable bonds is 5. The van der Waals surface area contributed by atoms with Crippen molar-refractivity contribution in [1.82, 2.24) is 4.72 Å². The van der Waals surface area contributed by atoms with Crippen molar-refractivity contribution in [2.75, 3.05) is 0 Å². The fourth-order valence-electron chi connectivity index (χ4n) is 2.45. The molecule has 116 valence electrons. The van der Waals surface area contributed by atoms with Crippen molar-refractivity contribution >= 4 is 33.2 Å². The van der Waals surface area contributed by atoms with Gasteiger partial charge >= 0.3 is 0 Å². The van der Waals surface area contributed by atoms with Gasteiger partial charge in [0.25, 0.3) is 0 Å². The molecule has 0 radical (unpaired) electrons. The standard InChI is InChI=1S/C16H15Cl2NO2S/c17-13-7-4-8-14(15(13)18)22(20,21)19-16(12-9-10-12)11-5-2-1-3-6-11/h1-8,12,16,19H,9-10H2/t16-/m1/s1. The van der Waals surface area contributed by atoms with Gasteiger partial charge in [-0.2, -0.15) is 0 Å². The lowest BCUT2D eigenvalue weighted by Gasteiger charge is -2.19. The summed E-state index contributed by atoms with van der Waals surface area (Å²) < 4.78 is 28.1. The molecule has 0 heterocycles. The van der Waals surface area contributed by atoms with Crippen LogP contribution in [-0.4, -0.2) is 8.42 Å². The number of benzene rings is 2. The van der Waals surface area contributed by atoms with Gasteiger partial charge < -0.3 is 0 Å². The Bertz CT molecular complexity index is 774. The van der Waals surface area contributed by atoms with E-state index in [1.165, 1.54) is 6.07 Å². The summed E-state index contributed by atoms with van der Waals surface area (Å²) in [4.78, 5) is 0.0169. The van der Waals surface area contributed by atoms with Gasteiger partial charge in [0.15, 0.2) is 0 Å². The smallest absolute Gasteiger partial charge is 0.207 e. The Morgan fingerprint density at radius 3 is 2.32 bits per heavy atom. The molecule has 1 aliphatic carbocycles. The molecule has 6 heteroatoms. The molecule has 0 spiro atoms. The maximum atomic E-state index is 12.7. The molecule has 1 fully saturated rings. The van der Waals surface area contributed by atoms with E-state index in [-0.39, 0.29) is 21.0 Å². The van der Waals surface area contributed by atoms with E-state index in [1.807, 2.05) is 30.3 Å². The molecular formula is C16H15Cl2NO2S. The van der Waals surface area contributed by atoms with E-state index in [0.717, 1.165) is 18.4 Å². The molecule has 0 amide bonds. The van der Waals surface area contributed by atoms with Gasteiger partial charge in [-0.1, -0.05) is 59.6 Å². The molecular weight excluding hydrogens is 341 g/mol. The lowest BCUT2D eigenvalue weighted by atomic mass is 10.0. The number of sulfonamides is 1. The van der Waals surface area contributed by atoms with Crippen LogP contribution in [0.1, 0.15) is 24.4 Å². The molecule has 1 aliphatic rings. The molecule has 1 atom stereocenters. The first-order valence-electron chi connectivity index (χ1n) is 7.00. The fourth-order valence-corrected chi connectivity index (χ4v) is 4.50. The summed E-state index contributed by atoms with van der Waals surface area (Å²) in [6.45, 7) is 0. The van der Waals surface area contributed by atoms with Gasteiger partial charge in [-0.15, -0.1) is 0 Å². The van der Waals surface area contributed by atoms with E-state index >= 15 is 0 Å². The highest BCUT2D eigenvalue weighted by Crippen LogP contribution is 2.42. The van der Waals surface area contributed by atoms with Crippen LogP contribution in [0.5, 0.6) is 0 Å². The van der Waals surface area contributed by atoms with Crippen molar-refractivity contribution in [1.29, 1.82) is 0 Å². The van der Waals surface area contributed by atoms with Crippen LogP contribution in [0.4, 0.5) is 0 Å². The van der Waals surface area contributed by atoms with E-state index in [2.05, 4.69) is 4.72 Å². The van der Waals surface area contributed by atoms with Crippen molar-refractivity contribution in [2.24, 2.45) is 5.92 Å². The Labute approximate surface area is 140 Å². The van der Waals surface area contributed by atoms with Crippen molar-refractivity contribution in [3.63, 3.8) is 0 Å². The second-order valence-corrected chi connectivity index (χ2v) is 7.87. The van der Waals surface area contributed by atoms with Crippen molar-refractivity contribution in [3.8, 4) is 0 Å². The van der Waals surface area contributed by atoms with Gasteiger partial charge in [-0.05, 0) is 36.5 Å². The number of hydrogen-bond acceptors (Lipinski definition) is 2. The highest BCUT2D eigenvalue weighted by atomic mass is 35.5. The molecule has 0 bridgehead atoms. The highest BCUT2D eigenvalue weighted by Gasteiger charge is 2.35. The lowest BCUT2D eigenvalue weighted by Crippen LogP contribution is -2.30. The topological polar surface area (TPSA) is 46.2 Å². The summed E-state index contributed by atoms with van der Waals surface area (Å²) in [7, 11) is -3.73. The third-order valence-corrected chi connectivity index (χ3v) is 6.15. The average Bonchev–Trinajstić information content (AvgIpc) is 3.33. The number of halogens is 2. The Morgan fingerprint density at radius 1 is 1.00 bits per heavy atom. The van der Waals surface area contributed by atoms with Crippen molar-refractivity contribution < 1.29 is 8.42 Å². The minimum absolute atomic E-state index is 0.0169. The zero-order valence-electron chi connectivity index (χ0n) is 11.7. The first kappa shape index (κ1) is 15.8. The van der Waals surface area contributed by atoms with Crippen LogP contribution in [0.15, 0.2) is 53.4 Å². The summed E-state index contributed by atoms with van der Waals surface area (Å²) in [6, 6.07) is 14.0. The Balaban J connectivity index is 1.94. The van der Waals surface area contributed by atoms with Gasteiger partial charge in [0.1, 0.15) is 4.90 Å². The second-order valence-electron chi connectivity index (χ2n) is 5.40. The second kappa shape index (κ2) is 6.20. The first-order valence-corrected chi connectivity index (χ1v) is 9.24. The van der Waals surface area contributed by atoms with E-state index in [4.69, 9.17) is 23.2 Å². The Kier molecular flexibility index (Phi) is 4.46. The van der Waals surface area contributed by atoms with Crippen molar-refractivity contribution in [2.45, 2.75) is 23.8 Å². The third-order valence-electron chi connectivity index (χ3n) is 3.74. The van der Waals surface area contributed by atoms with Crippen molar-refractivity contribution in [3.05, 3.63) is 64.1 Å². The first-order chi connectivity index (χ1) is 10.5. The molecule has 3 rings (SSSR count). The molecule has 1 saturated carbocycles. The zero-order chi connectivity index (χ0) is 15.7. The summed E-state index contributed by atoms with van der Waals surface area (Å²) in [5.41, 5.74) is 0.965. The van der Waals surface area contributed by atoms with Gasteiger partial charge in [0, 0.05) is 6.04 Å². The normalized spacial score (nSPS) is 16.5. The monoisotopic (exact) mass is 355 g/mol. The molecule has 0 aromatic heterocycles. The van der Waals surface area contributed by atoms with Crippen LogP contribution in [0.3, 0.4) is 0 Å².